The van der Waals surface area contributed by atoms with Gasteiger partial charge in [0.2, 0.25) is 0 Å². The SMILES string of the molecule is CN(C)c1cnc(CNC2CC2)cn1. The molecule has 1 aliphatic carbocycles. The maximum Gasteiger partial charge on any atom is 0.146 e. The van der Waals surface area contributed by atoms with E-state index in [-0.39, 0.29) is 0 Å². The summed E-state index contributed by atoms with van der Waals surface area (Å²) in [7, 11) is 3.93. The largest absolute Gasteiger partial charge is 0.361 e. The molecule has 2 rings (SSSR count). The molecular weight excluding hydrogens is 176 g/mol. The maximum absolute atomic E-state index is 4.33. The second kappa shape index (κ2) is 3.92. The molecule has 4 heteroatoms. The summed E-state index contributed by atoms with van der Waals surface area (Å²) in [6.45, 7) is 0.839. The Morgan fingerprint density at radius 2 is 2.14 bits per heavy atom. The Hall–Kier alpha value is -1.16. The van der Waals surface area contributed by atoms with E-state index in [0.29, 0.717) is 0 Å². The molecule has 0 amide bonds. The summed E-state index contributed by atoms with van der Waals surface area (Å²) >= 11 is 0. The molecule has 76 valence electrons. The molecule has 0 saturated heterocycles. The van der Waals surface area contributed by atoms with Gasteiger partial charge in [-0.05, 0) is 12.8 Å². The minimum atomic E-state index is 0.727. The highest BCUT2D eigenvalue weighted by Gasteiger charge is 2.20. The van der Waals surface area contributed by atoms with Gasteiger partial charge in [-0.25, -0.2) is 4.98 Å². The maximum atomic E-state index is 4.33. The lowest BCUT2D eigenvalue weighted by Gasteiger charge is -2.10. The van der Waals surface area contributed by atoms with Crippen molar-refractivity contribution in [3.05, 3.63) is 18.1 Å². The number of hydrogen-bond donors (Lipinski definition) is 1. The fraction of sp³-hybridized carbons (Fsp3) is 0.600. The number of rotatable bonds is 4. The molecule has 0 bridgehead atoms. The predicted octanol–water partition coefficient (Wildman–Crippen LogP) is 0.795. The standard InChI is InChI=1S/C10H16N4/c1-14(2)10-7-12-9(6-13-10)5-11-8-3-4-8/h6-8,11H,3-5H2,1-2H3. The van der Waals surface area contributed by atoms with Gasteiger partial charge in [-0.1, -0.05) is 0 Å². The first-order valence-corrected chi connectivity index (χ1v) is 4.97. The number of nitrogens with zero attached hydrogens (tertiary/aromatic N) is 3. The van der Waals surface area contributed by atoms with E-state index < -0.39 is 0 Å². The molecule has 0 aliphatic heterocycles. The van der Waals surface area contributed by atoms with E-state index in [1.807, 2.05) is 31.4 Å². The minimum absolute atomic E-state index is 0.727. The molecule has 0 radical (unpaired) electrons. The van der Waals surface area contributed by atoms with Crippen LogP contribution < -0.4 is 10.2 Å². The molecular formula is C10H16N4. The van der Waals surface area contributed by atoms with Gasteiger partial charge in [0.05, 0.1) is 18.1 Å². The first-order valence-electron chi connectivity index (χ1n) is 4.97. The zero-order valence-electron chi connectivity index (χ0n) is 8.70. The van der Waals surface area contributed by atoms with E-state index in [1.54, 1.807) is 0 Å². The van der Waals surface area contributed by atoms with Crippen LogP contribution in [-0.2, 0) is 6.54 Å². The summed E-state index contributed by atoms with van der Waals surface area (Å²) in [5.74, 6) is 0.903. The number of nitrogens with one attached hydrogen (secondary N) is 1. The zero-order chi connectivity index (χ0) is 9.97. The third-order valence-corrected chi connectivity index (χ3v) is 2.30. The van der Waals surface area contributed by atoms with Gasteiger partial charge in [-0.2, -0.15) is 0 Å². The molecule has 1 aromatic rings. The van der Waals surface area contributed by atoms with Crippen LogP contribution in [0, 0.1) is 0 Å². The molecule has 1 aromatic heterocycles. The highest BCUT2D eigenvalue weighted by Crippen LogP contribution is 2.18. The van der Waals surface area contributed by atoms with Crippen LogP contribution in [0.15, 0.2) is 12.4 Å². The van der Waals surface area contributed by atoms with Crippen LogP contribution in [0.25, 0.3) is 0 Å². The van der Waals surface area contributed by atoms with Crippen molar-refractivity contribution in [3.63, 3.8) is 0 Å². The number of anilines is 1. The second-order valence-electron chi connectivity index (χ2n) is 3.92. The topological polar surface area (TPSA) is 41.1 Å². The van der Waals surface area contributed by atoms with Crippen LogP contribution in [0.4, 0.5) is 5.82 Å². The van der Waals surface area contributed by atoms with Crippen LogP contribution >= 0.6 is 0 Å². The van der Waals surface area contributed by atoms with Gasteiger partial charge >= 0.3 is 0 Å². The van der Waals surface area contributed by atoms with Crippen molar-refractivity contribution in [2.24, 2.45) is 0 Å². The van der Waals surface area contributed by atoms with Gasteiger partial charge < -0.3 is 10.2 Å². The average molecular weight is 192 g/mol. The van der Waals surface area contributed by atoms with E-state index in [0.717, 1.165) is 24.1 Å². The summed E-state index contributed by atoms with van der Waals surface area (Å²) < 4.78 is 0. The van der Waals surface area contributed by atoms with Crippen molar-refractivity contribution >= 4 is 5.82 Å². The lowest BCUT2D eigenvalue weighted by molar-refractivity contribution is 0.671. The first kappa shape index (κ1) is 9.40. The molecule has 14 heavy (non-hydrogen) atoms. The summed E-state index contributed by atoms with van der Waals surface area (Å²) in [5, 5.41) is 3.41. The lowest BCUT2D eigenvalue weighted by Crippen LogP contribution is -2.17. The molecule has 0 unspecified atom stereocenters. The third kappa shape index (κ3) is 2.42. The summed E-state index contributed by atoms with van der Waals surface area (Å²) in [4.78, 5) is 10.6. The Bertz CT molecular complexity index is 289. The molecule has 1 aliphatic rings. The lowest BCUT2D eigenvalue weighted by atomic mass is 10.4. The molecule has 0 aromatic carbocycles. The number of hydrogen-bond acceptors (Lipinski definition) is 4. The van der Waals surface area contributed by atoms with Crippen molar-refractivity contribution in [3.8, 4) is 0 Å². The Morgan fingerprint density at radius 3 is 2.64 bits per heavy atom. The molecule has 0 spiro atoms. The van der Waals surface area contributed by atoms with Gasteiger partial charge in [0.25, 0.3) is 0 Å². The molecule has 1 heterocycles. The molecule has 4 nitrogen and oxygen atoms in total. The Balaban J connectivity index is 1.91. The van der Waals surface area contributed by atoms with Gasteiger partial charge in [-0.3, -0.25) is 4.98 Å². The molecule has 1 saturated carbocycles. The van der Waals surface area contributed by atoms with Crippen LogP contribution in [0.2, 0.25) is 0 Å². The predicted molar refractivity (Wildman–Crippen MR) is 56.2 cm³/mol. The second-order valence-corrected chi connectivity index (χ2v) is 3.92. The molecule has 1 N–H and O–H groups in total. The van der Waals surface area contributed by atoms with Crippen LogP contribution in [-0.4, -0.2) is 30.1 Å². The summed E-state index contributed by atoms with van der Waals surface area (Å²) in [6, 6.07) is 0.727. The number of aromatic nitrogens is 2. The van der Waals surface area contributed by atoms with Gasteiger partial charge in [0.1, 0.15) is 5.82 Å². The zero-order valence-corrected chi connectivity index (χ0v) is 8.70. The summed E-state index contributed by atoms with van der Waals surface area (Å²) in [5.41, 5.74) is 1.02. The highest BCUT2D eigenvalue weighted by molar-refractivity contribution is 5.32. The van der Waals surface area contributed by atoms with E-state index in [9.17, 15) is 0 Å². The Labute approximate surface area is 84.4 Å². The smallest absolute Gasteiger partial charge is 0.146 e. The van der Waals surface area contributed by atoms with E-state index in [1.165, 1.54) is 12.8 Å². The third-order valence-electron chi connectivity index (χ3n) is 2.30. The fourth-order valence-corrected chi connectivity index (χ4v) is 1.21. The van der Waals surface area contributed by atoms with E-state index >= 15 is 0 Å². The first-order chi connectivity index (χ1) is 6.75. The molecule has 0 atom stereocenters. The fourth-order valence-electron chi connectivity index (χ4n) is 1.21. The van der Waals surface area contributed by atoms with Gasteiger partial charge in [0.15, 0.2) is 0 Å². The Kier molecular flexibility index (Phi) is 2.63. The van der Waals surface area contributed by atoms with Crippen molar-refractivity contribution in [1.29, 1.82) is 0 Å². The van der Waals surface area contributed by atoms with Crippen molar-refractivity contribution in [2.75, 3.05) is 19.0 Å². The van der Waals surface area contributed by atoms with Gasteiger partial charge in [0, 0.05) is 26.7 Å². The van der Waals surface area contributed by atoms with Crippen LogP contribution in [0.3, 0.4) is 0 Å². The van der Waals surface area contributed by atoms with E-state index in [4.69, 9.17) is 0 Å². The van der Waals surface area contributed by atoms with Crippen molar-refractivity contribution in [1.82, 2.24) is 15.3 Å². The summed E-state index contributed by atoms with van der Waals surface area (Å²) in [6.07, 6.45) is 6.26. The minimum Gasteiger partial charge on any atom is -0.361 e. The van der Waals surface area contributed by atoms with Crippen molar-refractivity contribution < 1.29 is 0 Å². The van der Waals surface area contributed by atoms with Crippen LogP contribution in [0.1, 0.15) is 18.5 Å². The van der Waals surface area contributed by atoms with Gasteiger partial charge in [-0.15, -0.1) is 0 Å². The quantitative estimate of drug-likeness (QED) is 0.766. The monoisotopic (exact) mass is 192 g/mol. The van der Waals surface area contributed by atoms with Crippen molar-refractivity contribution in [2.45, 2.75) is 25.4 Å². The highest BCUT2D eigenvalue weighted by atomic mass is 15.1. The normalized spacial score (nSPS) is 15.6. The van der Waals surface area contributed by atoms with E-state index in [2.05, 4.69) is 15.3 Å². The Morgan fingerprint density at radius 1 is 1.36 bits per heavy atom. The van der Waals surface area contributed by atoms with Crippen LogP contribution in [0.5, 0.6) is 0 Å². The molecule has 1 fully saturated rings. The average Bonchev–Trinajstić information content (AvgIpc) is 2.99.